The van der Waals surface area contributed by atoms with Gasteiger partial charge in [0, 0.05) is 20.0 Å². The van der Waals surface area contributed by atoms with Gasteiger partial charge in [-0.3, -0.25) is 13.9 Å². The summed E-state index contributed by atoms with van der Waals surface area (Å²) in [5, 5.41) is 2.70. The molecule has 9 heteroatoms. The zero-order valence-electron chi connectivity index (χ0n) is 24.9. The molecule has 0 bridgehead atoms. The number of methoxy groups -OCH3 is 1. The summed E-state index contributed by atoms with van der Waals surface area (Å²) < 4.78 is 34.7. The number of carbonyl (C=O) groups is 2. The largest absolute Gasteiger partial charge is 0.497 e. The van der Waals surface area contributed by atoms with Crippen molar-refractivity contribution in [2.24, 2.45) is 0 Å². The van der Waals surface area contributed by atoms with Crippen LogP contribution in [0.2, 0.25) is 0 Å². The number of rotatable bonds is 12. The van der Waals surface area contributed by atoms with Crippen LogP contribution < -0.4 is 14.4 Å². The molecule has 8 nitrogen and oxygen atoms in total. The van der Waals surface area contributed by atoms with Gasteiger partial charge in [0.15, 0.2) is 0 Å². The maximum Gasteiger partial charge on any atom is 0.264 e. The maximum atomic E-state index is 14.4. The average molecular weight is 600 g/mol. The lowest BCUT2D eigenvalue weighted by molar-refractivity contribution is -0.139. The molecule has 0 aromatic heterocycles. The first-order chi connectivity index (χ1) is 20.6. The lowest BCUT2D eigenvalue weighted by Crippen LogP contribution is -2.53. The third-order valence-electron chi connectivity index (χ3n) is 7.11. The number of carbonyl (C=O) groups excluding carboxylic acids is 2. The van der Waals surface area contributed by atoms with Gasteiger partial charge in [0.2, 0.25) is 11.8 Å². The van der Waals surface area contributed by atoms with Gasteiger partial charge in [-0.15, -0.1) is 0 Å². The van der Waals surface area contributed by atoms with E-state index in [1.807, 2.05) is 62.4 Å². The zero-order valence-corrected chi connectivity index (χ0v) is 25.7. The van der Waals surface area contributed by atoms with Crippen molar-refractivity contribution in [3.63, 3.8) is 0 Å². The maximum absolute atomic E-state index is 14.4. The fraction of sp³-hybridized carbons (Fsp3) is 0.235. The van der Waals surface area contributed by atoms with Crippen molar-refractivity contribution in [2.45, 2.75) is 37.8 Å². The highest BCUT2D eigenvalue weighted by molar-refractivity contribution is 7.92. The van der Waals surface area contributed by atoms with Crippen LogP contribution in [-0.4, -0.2) is 51.9 Å². The van der Waals surface area contributed by atoms with E-state index in [0.29, 0.717) is 11.4 Å². The highest BCUT2D eigenvalue weighted by Crippen LogP contribution is 2.27. The zero-order chi connectivity index (χ0) is 31.0. The molecule has 0 aliphatic heterocycles. The lowest BCUT2D eigenvalue weighted by Gasteiger charge is -2.33. The predicted molar refractivity (Wildman–Crippen MR) is 168 cm³/mol. The minimum absolute atomic E-state index is 0.0625. The number of nitrogens with one attached hydrogen (secondary N) is 1. The Bertz CT molecular complexity index is 1640. The van der Waals surface area contributed by atoms with E-state index in [0.717, 1.165) is 26.6 Å². The monoisotopic (exact) mass is 599 g/mol. The molecular formula is C34H37N3O5S. The number of anilines is 1. The van der Waals surface area contributed by atoms with Crippen molar-refractivity contribution in [3.8, 4) is 5.75 Å². The second kappa shape index (κ2) is 14.0. The molecule has 4 aromatic carbocycles. The smallest absolute Gasteiger partial charge is 0.264 e. The Morgan fingerprint density at radius 2 is 1.42 bits per heavy atom. The summed E-state index contributed by atoms with van der Waals surface area (Å²) in [6.07, 6.45) is 0.241. The molecule has 1 atom stereocenters. The van der Waals surface area contributed by atoms with Crippen molar-refractivity contribution in [1.29, 1.82) is 0 Å². The number of sulfonamides is 1. The summed E-state index contributed by atoms with van der Waals surface area (Å²) in [5.74, 6) is -0.275. The van der Waals surface area contributed by atoms with E-state index in [9.17, 15) is 18.0 Å². The minimum atomic E-state index is -4.14. The van der Waals surface area contributed by atoms with Gasteiger partial charge in [-0.2, -0.15) is 0 Å². The summed E-state index contributed by atoms with van der Waals surface area (Å²) in [7, 11) is -1.06. The minimum Gasteiger partial charge on any atom is -0.497 e. The van der Waals surface area contributed by atoms with Gasteiger partial charge in [-0.1, -0.05) is 66.7 Å². The number of amides is 2. The molecule has 224 valence electrons. The number of hydrogen-bond donors (Lipinski definition) is 1. The molecule has 4 rings (SSSR count). The Hall–Kier alpha value is -4.63. The van der Waals surface area contributed by atoms with Crippen LogP contribution in [0.1, 0.15) is 22.3 Å². The van der Waals surface area contributed by atoms with Crippen molar-refractivity contribution in [1.82, 2.24) is 10.2 Å². The van der Waals surface area contributed by atoms with Gasteiger partial charge in [-0.25, -0.2) is 8.42 Å². The fourth-order valence-corrected chi connectivity index (χ4v) is 6.45. The molecule has 0 saturated carbocycles. The quantitative estimate of drug-likeness (QED) is 0.250. The first-order valence-electron chi connectivity index (χ1n) is 14.0. The number of ether oxygens (including phenoxy) is 1. The molecule has 0 saturated heterocycles. The van der Waals surface area contributed by atoms with Gasteiger partial charge in [0.05, 0.1) is 17.7 Å². The normalized spacial score (nSPS) is 11.8. The molecule has 1 N–H and O–H groups in total. The van der Waals surface area contributed by atoms with E-state index >= 15 is 0 Å². The lowest BCUT2D eigenvalue weighted by atomic mass is 10.0. The second-order valence-electron chi connectivity index (χ2n) is 10.4. The Kier molecular flexibility index (Phi) is 10.2. The molecule has 4 aromatic rings. The number of benzene rings is 4. The second-order valence-corrected chi connectivity index (χ2v) is 12.2. The van der Waals surface area contributed by atoms with Gasteiger partial charge in [0.1, 0.15) is 18.3 Å². The van der Waals surface area contributed by atoms with Crippen molar-refractivity contribution < 1.29 is 22.7 Å². The van der Waals surface area contributed by atoms with Crippen LogP contribution in [0.5, 0.6) is 5.75 Å². The first-order valence-corrected chi connectivity index (χ1v) is 15.4. The summed E-state index contributed by atoms with van der Waals surface area (Å²) in [6.45, 7) is 3.31. The summed E-state index contributed by atoms with van der Waals surface area (Å²) in [5.41, 5.74) is 3.68. The molecule has 0 fully saturated rings. The third-order valence-corrected chi connectivity index (χ3v) is 8.90. The molecule has 0 heterocycles. The highest BCUT2D eigenvalue weighted by atomic mass is 32.2. The Morgan fingerprint density at radius 3 is 2.02 bits per heavy atom. The molecule has 0 spiro atoms. The number of likely N-dealkylation sites (N-methyl/N-ethyl adjacent to an activating group) is 1. The van der Waals surface area contributed by atoms with E-state index in [1.165, 1.54) is 24.1 Å². The first kappa shape index (κ1) is 31.3. The number of nitrogens with zero attached hydrogens (tertiary/aromatic N) is 2. The average Bonchev–Trinajstić information content (AvgIpc) is 3.01. The molecule has 43 heavy (non-hydrogen) atoms. The molecule has 0 aliphatic rings. The Morgan fingerprint density at radius 1 is 0.814 bits per heavy atom. The topological polar surface area (TPSA) is 96.0 Å². The van der Waals surface area contributed by atoms with E-state index in [-0.39, 0.29) is 23.8 Å². The van der Waals surface area contributed by atoms with Gasteiger partial charge < -0.3 is 15.0 Å². The van der Waals surface area contributed by atoms with E-state index in [1.54, 1.807) is 49.6 Å². The van der Waals surface area contributed by atoms with Crippen molar-refractivity contribution in [2.75, 3.05) is 25.0 Å². The number of hydrogen-bond acceptors (Lipinski definition) is 5. The predicted octanol–water partition coefficient (Wildman–Crippen LogP) is 4.89. The van der Waals surface area contributed by atoms with Gasteiger partial charge in [0.25, 0.3) is 10.0 Å². The van der Waals surface area contributed by atoms with Crippen LogP contribution in [0.3, 0.4) is 0 Å². The van der Waals surface area contributed by atoms with E-state index < -0.39 is 28.5 Å². The number of aryl methyl sites for hydroxylation is 2. The summed E-state index contributed by atoms with van der Waals surface area (Å²) in [4.78, 5) is 29.3. The van der Waals surface area contributed by atoms with Gasteiger partial charge in [-0.05, 0) is 72.5 Å². The van der Waals surface area contributed by atoms with Crippen molar-refractivity contribution >= 4 is 27.5 Å². The van der Waals surface area contributed by atoms with Gasteiger partial charge >= 0.3 is 0 Å². The Balaban J connectivity index is 1.81. The van der Waals surface area contributed by atoms with Crippen LogP contribution in [0.4, 0.5) is 5.69 Å². The van der Waals surface area contributed by atoms with Crippen LogP contribution in [0, 0.1) is 13.8 Å². The van der Waals surface area contributed by atoms with Crippen LogP contribution in [-0.2, 0) is 32.6 Å². The van der Waals surface area contributed by atoms with Crippen LogP contribution in [0.15, 0.2) is 108 Å². The fourth-order valence-electron chi connectivity index (χ4n) is 5.03. The highest BCUT2D eigenvalue weighted by Gasteiger charge is 2.34. The van der Waals surface area contributed by atoms with E-state index in [2.05, 4.69) is 5.32 Å². The Labute approximate surface area is 254 Å². The molecule has 0 radical (unpaired) electrons. The third kappa shape index (κ3) is 7.81. The summed E-state index contributed by atoms with van der Waals surface area (Å²) in [6, 6.07) is 29.2. The molecule has 2 amide bonds. The van der Waals surface area contributed by atoms with Crippen LogP contribution in [0.25, 0.3) is 0 Å². The molecular weight excluding hydrogens is 562 g/mol. The SMILES string of the molecule is CNC(=O)C(Cc1ccccc1)N(Cc1cccc(OC)c1)C(=O)CN(c1cc(C)cc(C)c1)S(=O)(=O)c1ccccc1. The molecule has 1 unspecified atom stereocenters. The van der Waals surface area contributed by atoms with Crippen molar-refractivity contribution in [3.05, 3.63) is 125 Å². The van der Waals surface area contributed by atoms with Crippen LogP contribution >= 0.6 is 0 Å². The summed E-state index contributed by atoms with van der Waals surface area (Å²) >= 11 is 0. The molecule has 0 aliphatic carbocycles. The van der Waals surface area contributed by atoms with E-state index in [4.69, 9.17) is 4.74 Å². The standard InChI is InChI=1S/C34H37N3O5S/c1-25-18-26(2)20-29(19-25)37(43(40,41)31-16-9-6-10-17-31)24-33(38)36(23-28-14-11-15-30(21-28)42-4)32(34(39)35-3)22-27-12-7-5-8-13-27/h5-21,32H,22-24H2,1-4H3,(H,35,39).